The van der Waals surface area contributed by atoms with Gasteiger partial charge in [0.15, 0.2) is 0 Å². The highest BCUT2D eigenvalue weighted by atomic mass is 16.4. The van der Waals surface area contributed by atoms with Gasteiger partial charge in [0.25, 0.3) is 0 Å². The van der Waals surface area contributed by atoms with Crippen molar-refractivity contribution in [1.29, 1.82) is 0 Å². The fraction of sp³-hybridized carbons (Fsp3) is 0. The molecular weight excluding hydrogens is 254 g/mol. The molecule has 0 amide bonds. The number of hydrogen-bond donors (Lipinski definition) is 1. The highest BCUT2D eigenvalue weighted by molar-refractivity contribution is 5.91. The molecule has 2 heterocycles. The summed E-state index contributed by atoms with van der Waals surface area (Å²) in [6.45, 7) is 0. The van der Waals surface area contributed by atoms with Crippen molar-refractivity contribution < 1.29 is 9.90 Å². The van der Waals surface area contributed by atoms with Gasteiger partial charge in [-0.1, -0.05) is 30.3 Å². The molecule has 0 aliphatic heterocycles. The first-order valence-corrected chi connectivity index (χ1v) is 6.03. The largest absolute Gasteiger partial charge is 0.478 e. The molecule has 5 heteroatoms. The Labute approximate surface area is 115 Å². The predicted octanol–water partition coefficient (Wildman–Crippen LogP) is 2.63. The Morgan fingerprint density at radius 1 is 1.05 bits per heavy atom. The summed E-state index contributed by atoms with van der Waals surface area (Å²) in [7, 11) is 0. The molecule has 1 N–H and O–H groups in total. The van der Waals surface area contributed by atoms with E-state index in [9.17, 15) is 4.79 Å². The van der Waals surface area contributed by atoms with Crippen molar-refractivity contribution in [3.05, 3.63) is 66.7 Å². The molecule has 5 nitrogen and oxygen atoms in total. The zero-order valence-electron chi connectivity index (χ0n) is 10.5. The van der Waals surface area contributed by atoms with Gasteiger partial charge in [0.2, 0.25) is 0 Å². The SMILES string of the molecule is O=C(O)c1cnccc1-n1cc(-c2ccccc2)cn1. The van der Waals surface area contributed by atoms with Crippen LogP contribution in [0.15, 0.2) is 61.2 Å². The van der Waals surface area contributed by atoms with Crippen molar-refractivity contribution in [2.75, 3.05) is 0 Å². The maximum atomic E-state index is 11.2. The molecule has 0 unspecified atom stereocenters. The van der Waals surface area contributed by atoms with Gasteiger partial charge in [-0.2, -0.15) is 5.10 Å². The monoisotopic (exact) mass is 265 g/mol. The Hall–Kier alpha value is -2.95. The number of benzene rings is 1. The smallest absolute Gasteiger partial charge is 0.339 e. The number of hydrogen-bond acceptors (Lipinski definition) is 3. The highest BCUT2D eigenvalue weighted by Crippen LogP contribution is 2.20. The van der Waals surface area contributed by atoms with Gasteiger partial charge < -0.3 is 5.11 Å². The van der Waals surface area contributed by atoms with Crippen LogP contribution in [0, 0.1) is 0 Å². The summed E-state index contributed by atoms with van der Waals surface area (Å²) >= 11 is 0. The van der Waals surface area contributed by atoms with Crippen molar-refractivity contribution in [3.8, 4) is 16.8 Å². The summed E-state index contributed by atoms with van der Waals surface area (Å²) < 4.78 is 1.55. The molecule has 0 aliphatic rings. The number of carbonyl (C=O) groups is 1. The van der Waals surface area contributed by atoms with E-state index in [1.165, 1.54) is 6.20 Å². The summed E-state index contributed by atoms with van der Waals surface area (Å²) in [6, 6.07) is 11.4. The van der Waals surface area contributed by atoms with Gasteiger partial charge in [0.1, 0.15) is 5.56 Å². The summed E-state index contributed by atoms with van der Waals surface area (Å²) in [5.41, 5.74) is 2.58. The number of pyridine rings is 1. The molecule has 2 aromatic heterocycles. The zero-order valence-corrected chi connectivity index (χ0v) is 10.5. The minimum atomic E-state index is -1.02. The van der Waals surface area contributed by atoms with Crippen LogP contribution in [0.25, 0.3) is 16.8 Å². The van der Waals surface area contributed by atoms with Crippen LogP contribution in [0.4, 0.5) is 0 Å². The molecule has 0 fully saturated rings. The van der Waals surface area contributed by atoms with Gasteiger partial charge in [-0.3, -0.25) is 4.98 Å². The second kappa shape index (κ2) is 4.97. The summed E-state index contributed by atoms with van der Waals surface area (Å²) in [6.07, 6.45) is 6.38. The maximum Gasteiger partial charge on any atom is 0.339 e. The Kier molecular flexibility index (Phi) is 3.01. The van der Waals surface area contributed by atoms with Crippen LogP contribution in [0.1, 0.15) is 10.4 Å². The average Bonchev–Trinajstić information content (AvgIpc) is 2.98. The lowest BCUT2D eigenvalue weighted by molar-refractivity contribution is 0.0696. The molecule has 0 atom stereocenters. The first kappa shape index (κ1) is 12.1. The molecule has 0 radical (unpaired) electrons. The van der Waals surface area contributed by atoms with Crippen LogP contribution in [0.3, 0.4) is 0 Å². The van der Waals surface area contributed by atoms with Gasteiger partial charge in [0.05, 0.1) is 11.9 Å². The lowest BCUT2D eigenvalue weighted by Gasteiger charge is -2.04. The minimum Gasteiger partial charge on any atom is -0.478 e. The number of aromatic carboxylic acids is 1. The van der Waals surface area contributed by atoms with Crippen LogP contribution < -0.4 is 0 Å². The third-order valence-electron chi connectivity index (χ3n) is 2.97. The van der Waals surface area contributed by atoms with Crippen LogP contribution in [-0.2, 0) is 0 Å². The first-order valence-electron chi connectivity index (χ1n) is 6.03. The zero-order chi connectivity index (χ0) is 13.9. The van der Waals surface area contributed by atoms with E-state index in [0.29, 0.717) is 5.69 Å². The summed E-state index contributed by atoms with van der Waals surface area (Å²) in [5.74, 6) is -1.02. The van der Waals surface area contributed by atoms with Gasteiger partial charge in [-0.05, 0) is 11.6 Å². The van der Waals surface area contributed by atoms with E-state index in [2.05, 4.69) is 10.1 Å². The van der Waals surface area contributed by atoms with Crippen LogP contribution in [0.5, 0.6) is 0 Å². The fourth-order valence-corrected chi connectivity index (χ4v) is 1.99. The molecule has 0 spiro atoms. The standard InChI is InChI=1S/C15H11N3O2/c19-15(20)13-9-16-7-6-14(13)18-10-12(8-17-18)11-4-2-1-3-5-11/h1-10H,(H,19,20). The molecule has 98 valence electrons. The van der Waals surface area contributed by atoms with E-state index in [4.69, 9.17) is 5.11 Å². The second-order valence-corrected chi connectivity index (χ2v) is 4.24. The number of carboxylic acid groups (broad SMARTS) is 1. The van der Waals surface area contributed by atoms with Crippen LogP contribution in [-0.4, -0.2) is 25.8 Å². The fourth-order valence-electron chi connectivity index (χ4n) is 1.99. The Morgan fingerprint density at radius 2 is 1.85 bits per heavy atom. The summed E-state index contributed by atoms with van der Waals surface area (Å²) in [5, 5.41) is 13.4. The van der Waals surface area contributed by atoms with Gasteiger partial charge in [0, 0.05) is 24.2 Å². The third-order valence-corrected chi connectivity index (χ3v) is 2.97. The molecule has 3 rings (SSSR count). The van der Waals surface area contributed by atoms with Gasteiger partial charge in [-0.15, -0.1) is 0 Å². The van der Waals surface area contributed by atoms with E-state index in [1.54, 1.807) is 29.3 Å². The predicted molar refractivity (Wildman–Crippen MR) is 73.8 cm³/mol. The molecular formula is C15H11N3O2. The number of rotatable bonds is 3. The van der Waals surface area contributed by atoms with E-state index < -0.39 is 5.97 Å². The maximum absolute atomic E-state index is 11.2. The number of nitrogens with zero attached hydrogens (tertiary/aromatic N) is 3. The van der Waals surface area contributed by atoms with Crippen molar-refractivity contribution >= 4 is 5.97 Å². The normalized spacial score (nSPS) is 10.4. The quantitative estimate of drug-likeness (QED) is 0.790. The van der Waals surface area contributed by atoms with Gasteiger partial charge in [-0.25, -0.2) is 9.48 Å². The van der Waals surface area contributed by atoms with Gasteiger partial charge >= 0.3 is 5.97 Å². The molecule has 1 aromatic carbocycles. The first-order chi connectivity index (χ1) is 9.75. The van der Waals surface area contributed by atoms with Crippen molar-refractivity contribution in [2.45, 2.75) is 0 Å². The second-order valence-electron chi connectivity index (χ2n) is 4.24. The topological polar surface area (TPSA) is 68.0 Å². The molecule has 0 aliphatic carbocycles. The van der Waals surface area contributed by atoms with E-state index in [-0.39, 0.29) is 5.56 Å². The van der Waals surface area contributed by atoms with Crippen LogP contribution in [0.2, 0.25) is 0 Å². The molecule has 20 heavy (non-hydrogen) atoms. The van der Waals surface area contributed by atoms with Crippen molar-refractivity contribution in [3.63, 3.8) is 0 Å². The minimum absolute atomic E-state index is 0.121. The number of carboxylic acids is 1. The average molecular weight is 265 g/mol. The molecule has 0 bridgehead atoms. The molecule has 0 saturated carbocycles. The molecule has 0 saturated heterocycles. The Bertz CT molecular complexity index is 751. The highest BCUT2D eigenvalue weighted by Gasteiger charge is 2.12. The summed E-state index contributed by atoms with van der Waals surface area (Å²) in [4.78, 5) is 15.0. The number of aromatic nitrogens is 3. The van der Waals surface area contributed by atoms with E-state index >= 15 is 0 Å². The van der Waals surface area contributed by atoms with E-state index in [0.717, 1.165) is 11.1 Å². The van der Waals surface area contributed by atoms with Crippen LogP contribution >= 0.6 is 0 Å². The lowest BCUT2D eigenvalue weighted by atomic mass is 10.1. The van der Waals surface area contributed by atoms with Crippen molar-refractivity contribution in [2.24, 2.45) is 0 Å². The molecule has 3 aromatic rings. The lowest BCUT2D eigenvalue weighted by Crippen LogP contribution is -2.06. The Morgan fingerprint density at radius 3 is 2.60 bits per heavy atom. The third kappa shape index (κ3) is 2.16. The van der Waals surface area contributed by atoms with Crippen molar-refractivity contribution in [1.82, 2.24) is 14.8 Å². The van der Waals surface area contributed by atoms with E-state index in [1.807, 2.05) is 30.3 Å². The Balaban J connectivity index is 2.05.